The summed E-state index contributed by atoms with van der Waals surface area (Å²) in [6, 6.07) is 2.06. The van der Waals surface area contributed by atoms with E-state index in [1.807, 2.05) is 22.5 Å². The lowest BCUT2D eigenvalue weighted by atomic mass is 10.2. The van der Waals surface area contributed by atoms with Gasteiger partial charge in [0.05, 0.1) is 17.3 Å². The van der Waals surface area contributed by atoms with E-state index < -0.39 is 0 Å². The molecule has 5 nitrogen and oxygen atoms in total. The monoisotopic (exact) mass is 301 g/mol. The normalized spacial score (nSPS) is 11.4. The summed E-state index contributed by atoms with van der Waals surface area (Å²) in [5.41, 5.74) is 0.962. The largest absolute Gasteiger partial charge is 0.337 e. The Hall–Kier alpha value is -1.95. The highest BCUT2D eigenvalue weighted by Gasteiger charge is 2.09. The summed E-state index contributed by atoms with van der Waals surface area (Å²) >= 11 is 1.64. The first-order valence-electron chi connectivity index (χ1n) is 7.19. The number of nitrogens with zero attached hydrogens (tertiary/aromatic N) is 4. The Kier molecular flexibility index (Phi) is 3.88. The summed E-state index contributed by atoms with van der Waals surface area (Å²) in [4.78, 5) is 10.2. The summed E-state index contributed by atoms with van der Waals surface area (Å²) < 4.78 is 1.96. The zero-order chi connectivity index (χ0) is 14.8. The number of anilines is 2. The maximum Gasteiger partial charge on any atom is 0.142 e. The van der Waals surface area contributed by atoms with E-state index in [1.165, 1.54) is 0 Å². The minimum absolute atomic E-state index is 0.576. The van der Waals surface area contributed by atoms with Crippen molar-refractivity contribution in [2.75, 3.05) is 5.32 Å². The third-order valence-corrected chi connectivity index (χ3v) is 3.94. The van der Waals surface area contributed by atoms with Crippen molar-refractivity contribution in [1.29, 1.82) is 0 Å². The van der Waals surface area contributed by atoms with Crippen LogP contribution in [0.5, 0.6) is 0 Å². The molecular formula is C15H19N5S. The lowest BCUT2D eigenvalue weighted by Gasteiger charge is -2.06. The fourth-order valence-corrected chi connectivity index (χ4v) is 2.97. The fraction of sp³-hybridized carbons (Fsp3) is 0.400. The first-order valence-corrected chi connectivity index (χ1v) is 8.07. The molecule has 0 aliphatic rings. The molecule has 0 aliphatic carbocycles. The predicted molar refractivity (Wildman–Crippen MR) is 87.1 cm³/mol. The van der Waals surface area contributed by atoms with Crippen LogP contribution in [0.3, 0.4) is 0 Å². The molecule has 0 spiro atoms. The van der Waals surface area contributed by atoms with Crippen LogP contribution in [0.15, 0.2) is 23.8 Å². The number of hydrogen-bond acceptors (Lipinski definition) is 5. The second-order valence-corrected chi connectivity index (χ2v) is 6.35. The zero-order valence-corrected chi connectivity index (χ0v) is 13.3. The Morgan fingerprint density at radius 2 is 2.19 bits per heavy atom. The van der Waals surface area contributed by atoms with Gasteiger partial charge in [0.1, 0.15) is 16.5 Å². The highest BCUT2D eigenvalue weighted by atomic mass is 32.1. The van der Waals surface area contributed by atoms with Crippen LogP contribution in [-0.2, 0) is 13.0 Å². The number of nitrogens with one attached hydrogen (secondary N) is 1. The summed E-state index contributed by atoms with van der Waals surface area (Å²) in [6.07, 6.45) is 4.69. The molecular weight excluding hydrogens is 282 g/mol. The van der Waals surface area contributed by atoms with Gasteiger partial charge in [-0.1, -0.05) is 20.8 Å². The van der Waals surface area contributed by atoms with Gasteiger partial charge in [0.25, 0.3) is 0 Å². The van der Waals surface area contributed by atoms with Gasteiger partial charge >= 0.3 is 0 Å². The summed E-state index contributed by atoms with van der Waals surface area (Å²) in [7, 11) is 0. The van der Waals surface area contributed by atoms with Gasteiger partial charge in [-0.2, -0.15) is 5.10 Å². The average molecular weight is 301 g/mol. The Balaban J connectivity index is 1.90. The van der Waals surface area contributed by atoms with Crippen molar-refractivity contribution in [1.82, 2.24) is 19.7 Å². The number of aryl methyl sites for hydroxylation is 1. The molecule has 0 amide bonds. The van der Waals surface area contributed by atoms with Crippen LogP contribution in [-0.4, -0.2) is 19.7 Å². The van der Waals surface area contributed by atoms with Crippen LogP contribution in [0, 0.1) is 5.92 Å². The molecule has 3 heterocycles. The van der Waals surface area contributed by atoms with Crippen molar-refractivity contribution in [2.45, 2.75) is 33.7 Å². The second-order valence-electron chi connectivity index (χ2n) is 5.45. The quantitative estimate of drug-likeness (QED) is 0.777. The maximum atomic E-state index is 4.60. The molecule has 0 bridgehead atoms. The van der Waals surface area contributed by atoms with Crippen LogP contribution in [0.4, 0.5) is 11.5 Å². The van der Waals surface area contributed by atoms with Crippen LogP contribution in [0.1, 0.15) is 26.6 Å². The van der Waals surface area contributed by atoms with Crippen LogP contribution < -0.4 is 5.32 Å². The lowest BCUT2D eigenvalue weighted by molar-refractivity contribution is 0.483. The minimum atomic E-state index is 0.576. The van der Waals surface area contributed by atoms with E-state index in [0.29, 0.717) is 5.92 Å². The molecule has 0 saturated heterocycles. The molecule has 110 valence electrons. The van der Waals surface area contributed by atoms with Gasteiger partial charge in [-0.05, 0) is 17.4 Å². The number of thiophene rings is 1. The van der Waals surface area contributed by atoms with E-state index in [1.54, 1.807) is 11.3 Å². The molecule has 1 N–H and O–H groups in total. The van der Waals surface area contributed by atoms with E-state index in [4.69, 9.17) is 0 Å². The molecule has 21 heavy (non-hydrogen) atoms. The smallest absolute Gasteiger partial charge is 0.142 e. The Morgan fingerprint density at radius 3 is 2.95 bits per heavy atom. The molecule has 0 atom stereocenters. The van der Waals surface area contributed by atoms with Gasteiger partial charge in [0, 0.05) is 19.2 Å². The molecule has 0 aromatic carbocycles. The Bertz CT molecular complexity index is 743. The van der Waals surface area contributed by atoms with Gasteiger partial charge in [0.15, 0.2) is 0 Å². The number of fused-ring (bicyclic) bond motifs is 1. The molecule has 3 rings (SSSR count). The molecule has 0 fully saturated rings. The van der Waals surface area contributed by atoms with E-state index in [9.17, 15) is 0 Å². The average Bonchev–Trinajstić information content (AvgIpc) is 3.07. The topological polar surface area (TPSA) is 55.6 Å². The van der Waals surface area contributed by atoms with Gasteiger partial charge in [-0.3, -0.25) is 4.68 Å². The third-order valence-electron chi connectivity index (χ3n) is 3.14. The number of aromatic nitrogens is 4. The van der Waals surface area contributed by atoms with Crippen molar-refractivity contribution in [3.8, 4) is 0 Å². The number of hydrogen-bond donors (Lipinski definition) is 1. The first-order chi connectivity index (χ1) is 10.2. The third kappa shape index (κ3) is 3.05. The van der Waals surface area contributed by atoms with E-state index in [0.717, 1.165) is 40.5 Å². The lowest BCUT2D eigenvalue weighted by Crippen LogP contribution is -2.04. The van der Waals surface area contributed by atoms with Crippen molar-refractivity contribution in [3.05, 3.63) is 29.7 Å². The van der Waals surface area contributed by atoms with Gasteiger partial charge in [0.2, 0.25) is 0 Å². The first kappa shape index (κ1) is 14.0. The molecule has 0 saturated carbocycles. The van der Waals surface area contributed by atoms with Crippen molar-refractivity contribution in [2.24, 2.45) is 5.92 Å². The molecule has 3 aromatic heterocycles. The Morgan fingerprint density at radius 1 is 1.33 bits per heavy atom. The summed E-state index contributed by atoms with van der Waals surface area (Å²) in [5, 5.41) is 10.9. The van der Waals surface area contributed by atoms with Crippen molar-refractivity contribution < 1.29 is 0 Å². The summed E-state index contributed by atoms with van der Waals surface area (Å²) in [5.74, 6) is 2.30. The summed E-state index contributed by atoms with van der Waals surface area (Å²) in [6.45, 7) is 7.35. The minimum Gasteiger partial charge on any atom is -0.337 e. The molecule has 0 radical (unpaired) electrons. The van der Waals surface area contributed by atoms with Crippen LogP contribution in [0.25, 0.3) is 10.2 Å². The van der Waals surface area contributed by atoms with Gasteiger partial charge in [-0.25, -0.2) is 9.97 Å². The van der Waals surface area contributed by atoms with Gasteiger partial charge < -0.3 is 5.32 Å². The SMILES string of the molecule is CCc1nc(Nc2cnn(CC(C)C)c2)c2ccsc2n1. The predicted octanol–water partition coefficient (Wildman–Crippen LogP) is 3.85. The maximum absolute atomic E-state index is 4.60. The molecule has 0 unspecified atom stereocenters. The standard InChI is InChI=1S/C15H19N5S/c1-4-13-18-14(12-5-6-21-15(12)19-13)17-11-7-16-20(9-11)8-10(2)3/h5-7,9-10H,4,8H2,1-3H3,(H,17,18,19). The van der Waals surface area contributed by atoms with E-state index in [-0.39, 0.29) is 0 Å². The highest BCUT2D eigenvalue weighted by molar-refractivity contribution is 7.16. The zero-order valence-electron chi connectivity index (χ0n) is 12.5. The molecule has 6 heteroatoms. The number of rotatable bonds is 5. The highest BCUT2D eigenvalue weighted by Crippen LogP contribution is 2.27. The molecule has 0 aliphatic heterocycles. The Labute approximate surface area is 128 Å². The van der Waals surface area contributed by atoms with E-state index in [2.05, 4.69) is 47.2 Å². The van der Waals surface area contributed by atoms with Crippen molar-refractivity contribution >= 4 is 33.1 Å². The fourth-order valence-electron chi connectivity index (χ4n) is 2.19. The van der Waals surface area contributed by atoms with Crippen LogP contribution in [0.2, 0.25) is 0 Å². The van der Waals surface area contributed by atoms with E-state index >= 15 is 0 Å². The van der Waals surface area contributed by atoms with Crippen molar-refractivity contribution in [3.63, 3.8) is 0 Å². The second kappa shape index (κ2) is 5.81. The molecule has 3 aromatic rings. The van der Waals surface area contributed by atoms with Crippen LogP contribution >= 0.6 is 11.3 Å². The van der Waals surface area contributed by atoms with Gasteiger partial charge in [-0.15, -0.1) is 11.3 Å².